The lowest BCUT2D eigenvalue weighted by atomic mass is 9.98. The van der Waals surface area contributed by atoms with E-state index in [1.807, 2.05) is 13.8 Å². The Balaban J connectivity index is 3.66. The van der Waals surface area contributed by atoms with Crippen LogP contribution in [0.1, 0.15) is 73.3 Å². The zero-order valence-electron chi connectivity index (χ0n) is 25.7. The van der Waals surface area contributed by atoms with Crippen LogP contribution in [0, 0.1) is 11.8 Å². The second-order valence-corrected chi connectivity index (χ2v) is 12.1. The summed E-state index contributed by atoms with van der Waals surface area (Å²) < 4.78 is 5.56. The molecule has 1 rings (SSSR count). The first-order valence-electron chi connectivity index (χ1n) is 14.2. The highest BCUT2D eigenvalue weighted by molar-refractivity contribution is 6.02. The highest BCUT2D eigenvalue weighted by Gasteiger charge is 2.42. The average Bonchev–Trinajstić information content (AvgIpc) is 2.88. The molecule has 5 amide bonds. The molecular formula is C30H47N5O7. The molecule has 12 heteroatoms. The fraction of sp³-hybridized carbons (Fsp3) is 0.600. The van der Waals surface area contributed by atoms with Gasteiger partial charge in [0.1, 0.15) is 24.0 Å². The van der Waals surface area contributed by atoms with Crippen molar-refractivity contribution in [2.75, 3.05) is 0 Å². The third kappa shape index (κ3) is 12.4. The molecule has 0 aliphatic rings. The number of hydrogen-bond donors (Lipinski definition) is 4. The predicted molar refractivity (Wildman–Crippen MR) is 158 cm³/mol. The van der Waals surface area contributed by atoms with Crippen LogP contribution in [-0.2, 0) is 35.1 Å². The maximum absolute atomic E-state index is 14.2. The van der Waals surface area contributed by atoms with Crippen molar-refractivity contribution >= 4 is 36.0 Å². The van der Waals surface area contributed by atoms with E-state index < -0.39 is 59.5 Å². The van der Waals surface area contributed by atoms with Crippen molar-refractivity contribution in [3.63, 3.8) is 0 Å². The van der Waals surface area contributed by atoms with Crippen LogP contribution in [0.15, 0.2) is 30.3 Å². The van der Waals surface area contributed by atoms with E-state index in [1.165, 1.54) is 0 Å². The fourth-order valence-electron chi connectivity index (χ4n) is 4.00. The van der Waals surface area contributed by atoms with E-state index in [4.69, 9.17) is 16.2 Å². The largest absolute Gasteiger partial charge is 0.443 e. The van der Waals surface area contributed by atoms with Crippen molar-refractivity contribution in [1.29, 1.82) is 0 Å². The lowest BCUT2D eigenvalue weighted by molar-refractivity contribution is -0.143. The first kappa shape index (κ1) is 36.2. The molecule has 4 atom stereocenters. The molecule has 42 heavy (non-hydrogen) atoms. The minimum absolute atomic E-state index is 0.0673. The van der Waals surface area contributed by atoms with E-state index in [1.54, 1.807) is 65.0 Å². The molecule has 234 valence electrons. The van der Waals surface area contributed by atoms with Crippen LogP contribution in [0.5, 0.6) is 0 Å². The molecule has 0 saturated heterocycles. The molecule has 0 bridgehead atoms. The normalized spacial score (nSPS) is 14.3. The zero-order chi connectivity index (χ0) is 32.2. The van der Waals surface area contributed by atoms with Crippen LogP contribution < -0.4 is 22.1 Å². The van der Waals surface area contributed by atoms with Gasteiger partial charge in [0.05, 0.1) is 12.1 Å². The maximum Gasteiger partial charge on any atom is 0.417 e. The van der Waals surface area contributed by atoms with E-state index in [0.29, 0.717) is 16.7 Å². The molecule has 0 aliphatic carbocycles. The Morgan fingerprint density at radius 2 is 1.57 bits per heavy atom. The van der Waals surface area contributed by atoms with Gasteiger partial charge in [0.15, 0.2) is 0 Å². The summed E-state index contributed by atoms with van der Waals surface area (Å²) in [5.41, 5.74) is 10.8. The molecule has 1 aromatic rings. The molecule has 12 nitrogen and oxygen atoms in total. The van der Waals surface area contributed by atoms with Crippen molar-refractivity contribution in [2.45, 2.75) is 104 Å². The lowest BCUT2D eigenvalue weighted by Crippen LogP contribution is -2.61. The maximum atomic E-state index is 14.2. The Labute approximate surface area is 248 Å². The van der Waals surface area contributed by atoms with Gasteiger partial charge < -0.3 is 31.6 Å². The highest BCUT2D eigenvalue weighted by Crippen LogP contribution is 2.20. The van der Waals surface area contributed by atoms with Crippen LogP contribution in [-0.4, -0.2) is 70.7 Å². The first-order chi connectivity index (χ1) is 19.5. The second kappa shape index (κ2) is 16.6. The summed E-state index contributed by atoms with van der Waals surface area (Å²) in [6.45, 7) is 12.0. The molecule has 0 unspecified atom stereocenters. The van der Waals surface area contributed by atoms with E-state index in [0.717, 1.165) is 0 Å². The molecular weight excluding hydrogens is 542 g/mol. The number of nitrogens with one attached hydrogen (secondary N) is 2. The summed E-state index contributed by atoms with van der Waals surface area (Å²) in [7, 11) is 0. The summed E-state index contributed by atoms with van der Waals surface area (Å²) >= 11 is 0. The molecule has 0 aromatic heterocycles. The van der Waals surface area contributed by atoms with Gasteiger partial charge >= 0.3 is 6.09 Å². The summed E-state index contributed by atoms with van der Waals surface area (Å²) in [5, 5.41) is 5.19. The van der Waals surface area contributed by atoms with Crippen molar-refractivity contribution in [1.82, 2.24) is 15.5 Å². The van der Waals surface area contributed by atoms with Gasteiger partial charge in [0.2, 0.25) is 17.7 Å². The van der Waals surface area contributed by atoms with Crippen molar-refractivity contribution in [2.24, 2.45) is 23.3 Å². The van der Waals surface area contributed by atoms with Gasteiger partial charge in [-0.05, 0) is 51.0 Å². The van der Waals surface area contributed by atoms with E-state index >= 15 is 0 Å². The monoisotopic (exact) mass is 589 g/mol. The van der Waals surface area contributed by atoms with Gasteiger partial charge in [-0.3, -0.25) is 19.2 Å². The van der Waals surface area contributed by atoms with Crippen LogP contribution >= 0.6 is 0 Å². The van der Waals surface area contributed by atoms with Gasteiger partial charge in [-0.25, -0.2) is 9.69 Å². The van der Waals surface area contributed by atoms with Gasteiger partial charge in [0.25, 0.3) is 5.91 Å². The van der Waals surface area contributed by atoms with E-state index in [-0.39, 0.29) is 37.5 Å². The van der Waals surface area contributed by atoms with Gasteiger partial charge in [-0.1, -0.05) is 58.0 Å². The SMILES string of the molecule is CC(C)C[C@H](NC(=O)[C@@H](N)C(C)C)C(=O)N(C(=O)OC(C)(C)C)[C@@H](Cc1ccccc1)C(=O)N[C@H](C=O)CCC(N)=O. The third-order valence-electron chi connectivity index (χ3n) is 6.25. The summed E-state index contributed by atoms with van der Waals surface area (Å²) in [4.78, 5) is 78.2. The number of aldehydes is 1. The van der Waals surface area contributed by atoms with Crippen LogP contribution in [0.4, 0.5) is 4.79 Å². The minimum Gasteiger partial charge on any atom is -0.443 e. The fourth-order valence-corrected chi connectivity index (χ4v) is 4.00. The van der Waals surface area contributed by atoms with E-state index in [2.05, 4.69) is 10.6 Å². The summed E-state index contributed by atoms with van der Waals surface area (Å²) in [6, 6.07) is 3.98. The number of nitrogens with two attached hydrogens (primary N) is 2. The van der Waals surface area contributed by atoms with Crippen molar-refractivity contribution in [3.05, 3.63) is 35.9 Å². The van der Waals surface area contributed by atoms with Crippen LogP contribution in [0.3, 0.4) is 0 Å². The van der Waals surface area contributed by atoms with Gasteiger partial charge in [0, 0.05) is 12.8 Å². The molecule has 1 aromatic carbocycles. The zero-order valence-corrected chi connectivity index (χ0v) is 25.7. The number of benzene rings is 1. The summed E-state index contributed by atoms with van der Waals surface area (Å²) in [6.07, 6.45) is -0.853. The number of rotatable bonds is 15. The number of nitrogens with zero attached hydrogens (tertiary/aromatic N) is 1. The Morgan fingerprint density at radius 3 is 2.05 bits per heavy atom. The smallest absolute Gasteiger partial charge is 0.417 e. The number of carbonyl (C=O) groups excluding carboxylic acids is 6. The predicted octanol–water partition coefficient (Wildman–Crippen LogP) is 1.82. The molecule has 0 saturated carbocycles. The quantitative estimate of drug-likeness (QED) is 0.223. The van der Waals surface area contributed by atoms with Crippen molar-refractivity contribution < 1.29 is 33.5 Å². The summed E-state index contributed by atoms with van der Waals surface area (Å²) in [5.74, 6) is -3.24. The Kier molecular flexibility index (Phi) is 14.3. The lowest BCUT2D eigenvalue weighted by Gasteiger charge is -2.35. The minimum atomic E-state index is -1.48. The van der Waals surface area contributed by atoms with E-state index in [9.17, 15) is 28.8 Å². The average molecular weight is 590 g/mol. The molecule has 6 N–H and O–H groups in total. The second-order valence-electron chi connectivity index (χ2n) is 12.1. The standard InChI is InChI=1S/C30H47N5O7/c1-18(2)15-22(34-27(39)25(32)19(3)4)28(40)35(29(41)42-30(5,6)7)23(16-20-11-9-8-10-12-20)26(38)33-21(17-36)13-14-24(31)37/h8-12,17-19,21-23,25H,13-16,32H2,1-7H3,(H2,31,37)(H,33,38)(H,34,39)/t21-,22-,23-,25-/m0/s1. The molecule has 0 aliphatic heterocycles. The van der Waals surface area contributed by atoms with Crippen LogP contribution in [0.2, 0.25) is 0 Å². The third-order valence-corrected chi connectivity index (χ3v) is 6.25. The molecule has 0 heterocycles. The number of ether oxygens (including phenoxy) is 1. The highest BCUT2D eigenvalue weighted by atomic mass is 16.6. The molecule has 0 spiro atoms. The van der Waals surface area contributed by atoms with Gasteiger partial charge in [-0.2, -0.15) is 0 Å². The number of imide groups is 1. The first-order valence-corrected chi connectivity index (χ1v) is 14.2. The topological polar surface area (TPSA) is 191 Å². The number of primary amides is 1. The Bertz CT molecular complexity index is 1090. The molecule has 0 radical (unpaired) electrons. The van der Waals surface area contributed by atoms with Crippen LogP contribution in [0.25, 0.3) is 0 Å². The number of hydrogen-bond acceptors (Lipinski definition) is 8. The number of carbonyl (C=O) groups is 6. The number of amides is 5. The van der Waals surface area contributed by atoms with Crippen molar-refractivity contribution in [3.8, 4) is 0 Å². The Hall–Kier alpha value is -3.80. The van der Waals surface area contributed by atoms with Gasteiger partial charge in [-0.15, -0.1) is 0 Å². The Morgan fingerprint density at radius 1 is 0.976 bits per heavy atom. The molecule has 0 fully saturated rings.